The molecule has 0 fully saturated rings. The zero-order chi connectivity index (χ0) is 14.4. The molecule has 3 nitrogen and oxygen atoms in total. The summed E-state index contributed by atoms with van der Waals surface area (Å²) in [6.45, 7) is 4.74. The molecule has 0 aliphatic heterocycles. The summed E-state index contributed by atoms with van der Waals surface area (Å²) < 4.78 is 5.07. The third-order valence-corrected chi connectivity index (χ3v) is 3.44. The first-order chi connectivity index (χ1) is 9.70. The quantitative estimate of drug-likeness (QED) is 0.819. The number of benzene rings is 2. The van der Waals surface area contributed by atoms with Crippen LogP contribution in [0.15, 0.2) is 42.5 Å². The fourth-order valence-electron chi connectivity index (χ4n) is 2.24. The monoisotopic (exact) mass is 271 g/mol. The van der Waals surface area contributed by atoms with Gasteiger partial charge < -0.3 is 10.1 Å². The van der Waals surface area contributed by atoms with Crippen molar-refractivity contribution in [3.05, 3.63) is 48.0 Å². The molecule has 2 rings (SSSR count). The first-order valence-electron chi connectivity index (χ1n) is 7.04. The van der Waals surface area contributed by atoms with Crippen LogP contribution in [-0.4, -0.2) is 18.6 Å². The lowest BCUT2D eigenvalue weighted by Crippen LogP contribution is -2.33. The highest BCUT2D eigenvalue weighted by Crippen LogP contribution is 2.18. The van der Waals surface area contributed by atoms with E-state index in [1.54, 1.807) is 0 Å². The van der Waals surface area contributed by atoms with Gasteiger partial charge in [0.15, 0.2) is 0 Å². The van der Waals surface area contributed by atoms with Gasteiger partial charge in [-0.3, -0.25) is 4.79 Å². The van der Waals surface area contributed by atoms with E-state index in [9.17, 15) is 4.79 Å². The molecule has 20 heavy (non-hydrogen) atoms. The van der Waals surface area contributed by atoms with Crippen LogP contribution in [0.2, 0.25) is 0 Å². The molecule has 2 aromatic rings. The molecule has 0 radical (unpaired) electrons. The molecule has 2 aromatic carbocycles. The normalized spacial score (nSPS) is 12.3. The summed E-state index contributed by atoms with van der Waals surface area (Å²) in [5.74, 6) is -0.226. The molecule has 0 aliphatic rings. The SMILES string of the molecule is CCC(COC(C)=O)NCc1cccc2ccccc12. The lowest BCUT2D eigenvalue weighted by molar-refractivity contribution is -0.141. The molecule has 0 saturated carbocycles. The molecule has 0 aromatic heterocycles. The van der Waals surface area contributed by atoms with Crippen LogP contribution in [0.4, 0.5) is 0 Å². The topological polar surface area (TPSA) is 38.3 Å². The Morgan fingerprint density at radius 3 is 2.70 bits per heavy atom. The molecule has 1 unspecified atom stereocenters. The highest BCUT2D eigenvalue weighted by molar-refractivity contribution is 5.85. The molecule has 106 valence electrons. The van der Waals surface area contributed by atoms with Gasteiger partial charge >= 0.3 is 5.97 Å². The van der Waals surface area contributed by atoms with E-state index >= 15 is 0 Å². The van der Waals surface area contributed by atoms with Gasteiger partial charge in [0, 0.05) is 19.5 Å². The Morgan fingerprint density at radius 2 is 1.95 bits per heavy atom. The van der Waals surface area contributed by atoms with E-state index in [2.05, 4.69) is 54.7 Å². The summed E-state index contributed by atoms with van der Waals surface area (Å²) in [4.78, 5) is 10.9. The molecule has 0 saturated heterocycles. The zero-order valence-corrected chi connectivity index (χ0v) is 12.1. The Hall–Kier alpha value is -1.87. The molecule has 1 atom stereocenters. The van der Waals surface area contributed by atoms with Crippen molar-refractivity contribution in [3.63, 3.8) is 0 Å². The lowest BCUT2D eigenvalue weighted by atomic mass is 10.0. The van der Waals surface area contributed by atoms with E-state index in [4.69, 9.17) is 4.74 Å². The van der Waals surface area contributed by atoms with Crippen LogP contribution in [0.3, 0.4) is 0 Å². The second kappa shape index (κ2) is 7.06. The Balaban J connectivity index is 2.02. The number of fused-ring (bicyclic) bond motifs is 1. The van der Waals surface area contributed by atoms with E-state index in [-0.39, 0.29) is 12.0 Å². The molecule has 1 N–H and O–H groups in total. The van der Waals surface area contributed by atoms with Crippen LogP contribution in [0, 0.1) is 0 Å². The number of esters is 1. The maximum absolute atomic E-state index is 10.9. The van der Waals surface area contributed by atoms with Crippen molar-refractivity contribution in [1.82, 2.24) is 5.32 Å². The summed E-state index contributed by atoms with van der Waals surface area (Å²) in [6, 6.07) is 14.9. The van der Waals surface area contributed by atoms with Gasteiger partial charge in [-0.15, -0.1) is 0 Å². The van der Waals surface area contributed by atoms with E-state index in [1.807, 2.05) is 0 Å². The van der Waals surface area contributed by atoms with Crippen molar-refractivity contribution in [2.24, 2.45) is 0 Å². The van der Waals surface area contributed by atoms with Crippen LogP contribution in [0.1, 0.15) is 25.8 Å². The Labute approximate surface area is 119 Å². The average molecular weight is 271 g/mol. The summed E-state index contributed by atoms with van der Waals surface area (Å²) in [5, 5.41) is 5.97. The van der Waals surface area contributed by atoms with Crippen LogP contribution >= 0.6 is 0 Å². The van der Waals surface area contributed by atoms with E-state index in [0.717, 1.165) is 13.0 Å². The fraction of sp³-hybridized carbons (Fsp3) is 0.353. The first-order valence-corrected chi connectivity index (χ1v) is 7.04. The maximum atomic E-state index is 10.9. The van der Waals surface area contributed by atoms with Crippen LogP contribution in [-0.2, 0) is 16.1 Å². The number of nitrogens with one attached hydrogen (secondary N) is 1. The van der Waals surface area contributed by atoms with Crippen LogP contribution in [0.5, 0.6) is 0 Å². The molecular weight excluding hydrogens is 250 g/mol. The van der Waals surface area contributed by atoms with Gasteiger partial charge in [0.25, 0.3) is 0 Å². The van der Waals surface area contributed by atoms with Gasteiger partial charge in [0.2, 0.25) is 0 Å². The largest absolute Gasteiger partial charge is 0.464 e. The molecule has 0 bridgehead atoms. The smallest absolute Gasteiger partial charge is 0.302 e. The van der Waals surface area contributed by atoms with Crippen molar-refractivity contribution in [1.29, 1.82) is 0 Å². The minimum atomic E-state index is -0.226. The molecule has 0 spiro atoms. The number of carbonyl (C=O) groups is 1. The Bertz CT molecular complexity index is 575. The van der Waals surface area contributed by atoms with Gasteiger partial charge in [0.1, 0.15) is 6.61 Å². The standard InChI is InChI=1S/C17H21NO2/c1-3-16(12-20-13(2)19)18-11-15-9-6-8-14-7-4-5-10-17(14)15/h4-10,16,18H,3,11-12H2,1-2H3. The maximum Gasteiger partial charge on any atom is 0.302 e. The van der Waals surface area contributed by atoms with Crippen molar-refractivity contribution in [2.75, 3.05) is 6.61 Å². The predicted molar refractivity (Wildman–Crippen MR) is 81.5 cm³/mol. The predicted octanol–water partition coefficient (Wildman–Crippen LogP) is 3.27. The number of carbonyl (C=O) groups excluding carboxylic acids is 1. The first kappa shape index (κ1) is 14.5. The third-order valence-electron chi connectivity index (χ3n) is 3.44. The van der Waals surface area contributed by atoms with Gasteiger partial charge in [-0.2, -0.15) is 0 Å². The van der Waals surface area contributed by atoms with Crippen molar-refractivity contribution >= 4 is 16.7 Å². The lowest BCUT2D eigenvalue weighted by Gasteiger charge is -2.17. The molecule has 0 heterocycles. The summed E-state index contributed by atoms with van der Waals surface area (Å²) in [6.07, 6.45) is 0.929. The molecule has 0 amide bonds. The molecule has 0 aliphatic carbocycles. The molecule has 3 heteroatoms. The Morgan fingerprint density at radius 1 is 1.20 bits per heavy atom. The van der Waals surface area contributed by atoms with Crippen LogP contribution in [0.25, 0.3) is 10.8 Å². The van der Waals surface area contributed by atoms with Crippen molar-refractivity contribution in [3.8, 4) is 0 Å². The van der Waals surface area contributed by atoms with E-state index < -0.39 is 0 Å². The summed E-state index contributed by atoms with van der Waals surface area (Å²) in [5.41, 5.74) is 1.27. The number of hydrogen-bond donors (Lipinski definition) is 1. The van der Waals surface area contributed by atoms with Gasteiger partial charge in [-0.25, -0.2) is 0 Å². The summed E-state index contributed by atoms with van der Waals surface area (Å²) >= 11 is 0. The van der Waals surface area contributed by atoms with Gasteiger partial charge in [-0.1, -0.05) is 49.4 Å². The van der Waals surface area contributed by atoms with Gasteiger partial charge in [-0.05, 0) is 22.8 Å². The second-order valence-electron chi connectivity index (χ2n) is 4.93. The van der Waals surface area contributed by atoms with E-state index in [1.165, 1.54) is 23.3 Å². The highest BCUT2D eigenvalue weighted by Gasteiger charge is 2.08. The van der Waals surface area contributed by atoms with Crippen LogP contribution < -0.4 is 5.32 Å². The van der Waals surface area contributed by atoms with Crippen molar-refractivity contribution < 1.29 is 9.53 Å². The second-order valence-corrected chi connectivity index (χ2v) is 4.93. The third kappa shape index (κ3) is 3.81. The number of hydrogen-bond acceptors (Lipinski definition) is 3. The molecular formula is C17H21NO2. The minimum absolute atomic E-state index is 0.192. The highest BCUT2D eigenvalue weighted by atomic mass is 16.5. The minimum Gasteiger partial charge on any atom is -0.464 e. The average Bonchev–Trinajstić information content (AvgIpc) is 2.47. The number of rotatable bonds is 6. The number of ether oxygens (including phenoxy) is 1. The zero-order valence-electron chi connectivity index (χ0n) is 12.1. The fourth-order valence-corrected chi connectivity index (χ4v) is 2.24. The van der Waals surface area contributed by atoms with E-state index in [0.29, 0.717) is 6.61 Å². The van der Waals surface area contributed by atoms with Crippen molar-refractivity contribution in [2.45, 2.75) is 32.9 Å². The summed E-state index contributed by atoms with van der Waals surface area (Å²) in [7, 11) is 0. The van der Waals surface area contributed by atoms with Gasteiger partial charge in [0.05, 0.1) is 0 Å². The Kier molecular flexibility index (Phi) is 5.13.